The molecule has 1 saturated carbocycles. The smallest absolute Gasteiger partial charge is 0.259 e. The Morgan fingerprint density at radius 3 is 2.91 bits per heavy atom. The number of fused-ring (bicyclic) bond motifs is 1. The Hall–Kier alpha value is -1.66. The maximum absolute atomic E-state index is 12.4. The summed E-state index contributed by atoms with van der Waals surface area (Å²) in [6.07, 6.45) is 3.96. The van der Waals surface area contributed by atoms with Gasteiger partial charge in [0.25, 0.3) is 11.6 Å². The molecule has 1 fully saturated rings. The van der Waals surface area contributed by atoms with Crippen LogP contribution in [0.15, 0.2) is 10.6 Å². The van der Waals surface area contributed by atoms with Crippen molar-refractivity contribution in [2.45, 2.75) is 38.5 Å². The van der Waals surface area contributed by atoms with Crippen molar-refractivity contribution in [2.75, 3.05) is 13.1 Å². The number of pyridine rings is 1. The van der Waals surface area contributed by atoms with Gasteiger partial charge in [0.1, 0.15) is 0 Å². The Balaban J connectivity index is 0.00000176. The van der Waals surface area contributed by atoms with Gasteiger partial charge < -0.3 is 15.6 Å². The number of nitrogens with two attached hydrogens (primary N) is 1. The molecule has 0 aliphatic heterocycles. The van der Waals surface area contributed by atoms with E-state index in [0.29, 0.717) is 30.3 Å². The van der Waals surface area contributed by atoms with E-state index in [9.17, 15) is 4.79 Å². The van der Waals surface area contributed by atoms with Crippen LogP contribution in [0.5, 0.6) is 0 Å². The van der Waals surface area contributed by atoms with Crippen molar-refractivity contribution in [3.8, 4) is 0 Å². The first-order valence-corrected chi connectivity index (χ1v) is 7.52. The second-order valence-electron chi connectivity index (χ2n) is 5.47. The lowest BCUT2D eigenvalue weighted by atomic mass is 10.1. The van der Waals surface area contributed by atoms with Crippen LogP contribution in [0, 0.1) is 0 Å². The molecule has 120 valence electrons. The van der Waals surface area contributed by atoms with Gasteiger partial charge in [-0.1, -0.05) is 18.5 Å². The van der Waals surface area contributed by atoms with Gasteiger partial charge in [0, 0.05) is 24.7 Å². The summed E-state index contributed by atoms with van der Waals surface area (Å²) >= 11 is 0. The van der Waals surface area contributed by atoms with Crippen molar-refractivity contribution >= 4 is 29.4 Å². The van der Waals surface area contributed by atoms with Crippen molar-refractivity contribution in [1.82, 2.24) is 15.5 Å². The van der Waals surface area contributed by atoms with Crippen molar-refractivity contribution < 1.29 is 9.32 Å². The molecule has 22 heavy (non-hydrogen) atoms. The summed E-state index contributed by atoms with van der Waals surface area (Å²) in [4.78, 5) is 16.9. The molecule has 0 atom stereocenters. The van der Waals surface area contributed by atoms with Crippen molar-refractivity contribution in [1.29, 1.82) is 0 Å². The van der Waals surface area contributed by atoms with Crippen LogP contribution in [0.3, 0.4) is 0 Å². The van der Waals surface area contributed by atoms with E-state index in [1.165, 1.54) is 0 Å². The fourth-order valence-electron chi connectivity index (χ4n) is 2.49. The van der Waals surface area contributed by atoms with Gasteiger partial charge in [0.2, 0.25) is 0 Å². The van der Waals surface area contributed by atoms with E-state index >= 15 is 0 Å². The molecule has 7 heteroatoms. The van der Waals surface area contributed by atoms with Gasteiger partial charge in [-0.25, -0.2) is 4.98 Å². The molecule has 6 nitrogen and oxygen atoms in total. The highest BCUT2D eigenvalue weighted by atomic mass is 35.5. The Morgan fingerprint density at radius 1 is 1.50 bits per heavy atom. The Morgan fingerprint density at radius 2 is 2.27 bits per heavy atom. The standard InChI is InChI=1S/C15H20N4O2.ClH/c1-2-3-11-13-10(14(20)17-7-6-16)8-12(9-4-5-9)18-15(13)21-19-11;/h8-9H,2-7,16H2,1H3,(H,17,20);1H. The molecule has 3 N–H and O–H groups in total. The first-order valence-electron chi connectivity index (χ1n) is 7.52. The zero-order valence-corrected chi connectivity index (χ0v) is 13.4. The Labute approximate surface area is 135 Å². The number of carbonyl (C=O) groups excluding carboxylic acids is 1. The van der Waals surface area contributed by atoms with Crippen LogP contribution in [-0.2, 0) is 6.42 Å². The highest BCUT2D eigenvalue weighted by Crippen LogP contribution is 2.40. The minimum atomic E-state index is -0.129. The molecule has 2 aromatic heterocycles. The number of nitrogens with zero attached hydrogens (tertiary/aromatic N) is 2. The van der Waals surface area contributed by atoms with E-state index in [4.69, 9.17) is 10.3 Å². The number of hydrogen-bond acceptors (Lipinski definition) is 5. The predicted molar refractivity (Wildman–Crippen MR) is 86.4 cm³/mol. The average Bonchev–Trinajstić information content (AvgIpc) is 3.27. The number of amides is 1. The number of aromatic nitrogens is 2. The molecule has 1 aliphatic rings. The number of aryl methyl sites for hydroxylation is 1. The van der Waals surface area contributed by atoms with Gasteiger partial charge in [0.05, 0.1) is 16.6 Å². The zero-order chi connectivity index (χ0) is 14.8. The summed E-state index contributed by atoms with van der Waals surface area (Å²) in [5, 5.41) is 7.66. The normalized spacial score (nSPS) is 13.9. The summed E-state index contributed by atoms with van der Waals surface area (Å²) in [6, 6.07) is 1.89. The minimum absolute atomic E-state index is 0. The maximum atomic E-state index is 12.4. The molecule has 1 aliphatic carbocycles. The van der Waals surface area contributed by atoms with E-state index in [-0.39, 0.29) is 18.3 Å². The van der Waals surface area contributed by atoms with Crippen molar-refractivity contribution in [2.24, 2.45) is 5.73 Å². The summed E-state index contributed by atoms with van der Waals surface area (Å²) in [7, 11) is 0. The molecule has 2 heterocycles. The molecule has 2 aromatic rings. The number of nitrogens with one attached hydrogen (secondary N) is 1. The number of halogens is 1. The van der Waals surface area contributed by atoms with Gasteiger partial charge in [-0.15, -0.1) is 12.4 Å². The molecule has 0 unspecified atom stereocenters. The van der Waals surface area contributed by atoms with E-state index in [1.54, 1.807) is 0 Å². The second-order valence-corrected chi connectivity index (χ2v) is 5.47. The summed E-state index contributed by atoms with van der Waals surface area (Å²) < 4.78 is 5.35. The second kappa shape index (κ2) is 7.07. The molecule has 0 radical (unpaired) electrons. The first kappa shape index (κ1) is 16.7. The minimum Gasteiger partial charge on any atom is -0.351 e. The Bertz CT molecular complexity index is 667. The third-order valence-electron chi connectivity index (χ3n) is 3.69. The zero-order valence-electron chi connectivity index (χ0n) is 12.6. The summed E-state index contributed by atoms with van der Waals surface area (Å²) in [5.41, 5.74) is 8.28. The lowest BCUT2D eigenvalue weighted by Gasteiger charge is -2.07. The SMILES string of the molecule is CCCc1noc2nc(C3CC3)cc(C(=O)NCCN)c12.Cl. The molecular weight excluding hydrogens is 304 g/mol. The van der Waals surface area contributed by atoms with Crippen molar-refractivity contribution in [3.63, 3.8) is 0 Å². The van der Waals surface area contributed by atoms with E-state index in [0.717, 1.165) is 42.5 Å². The number of hydrogen-bond donors (Lipinski definition) is 2. The van der Waals surface area contributed by atoms with Gasteiger partial charge in [-0.05, 0) is 25.3 Å². The van der Waals surface area contributed by atoms with Gasteiger partial charge >= 0.3 is 0 Å². The number of carbonyl (C=O) groups is 1. The van der Waals surface area contributed by atoms with E-state index < -0.39 is 0 Å². The van der Waals surface area contributed by atoms with Gasteiger partial charge in [-0.2, -0.15) is 0 Å². The van der Waals surface area contributed by atoms with E-state index in [1.807, 2.05) is 6.07 Å². The molecule has 0 aromatic carbocycles. The van der Waals surface area contributed by atoms with Gasteiger partial charge in [0.15, 0.2) is 0 Å². The first-order chi connectivity index (χ1) is 10.2. The molecule has 1 amide bonds. The van der Waals surface area contributed by atoms with Gasteiger partial charge in [-0.3, -0.25) is 4.79 Å². The van der Waals surface area contributed by atoms with E-state index in [2.05, 4.69) is 22.4 Å². The molecule has 0 saturated heterocycles. The third kappa shape index (κ3) is 3.23. The maximum Gasteiger partial charge on any atom is 0.259 e. The molecule has 0 bridgehead atoms. The summed E-state index contributed by atoms with van der Waals surface area (Å²) in [5.74, 6) is 0.325. The predicted octanol–water partition coefficient (Wildman–Crippen LogP) is 2.16. The van der Waals surface area contributed by atoms with Crippen LogP contribution in [-0.4, -0.2) is 29.1 Å². The topological polar surface area (TPSA) is 94.0 Å². The Kier molecular flexibility index (Phi) is 5.37. The third-order valence-corrected chi connectivity index (χ3v) is 3.69. The lowest BCUT2D eigenvalue weighted by Crippen LogP contribution is -2.29. The fraction of sp³-hybridized carbons (Fsp3) is 0.533. The summed E-state index contributed by atoms with van der Waals surface area (Å²) in [6.45, 7) is 2.94. The largest absolute Gasteiger partial charge is 0.351 e. The van der Waals surface area contributed by atoms with Crippen LogP contribution in [0.1, 0.15) is 53.8 Å². The molecule has 0 spiro atoms. The highest BCUT2D eigenvalue weighted by Gasteiger charge is 2.28. The van der Waals surface area contributed by atoms with Crippen LogP contribution in [0.4, 0.5) is 0 Å². The van der Waals surface area contributed by atoms with Crippen LogP contribution in [0.25, 0.3) is 11.1 Å². The quantitative estimate of drug-likeness (QED) is 0.849. The monoisotopic (exact) mass is 324 g/mol. The molecular formula is C15H21ClN4O2. The van der Waals surface area contributed by atoms with Crippen molar-refractivity contribution in [3.05, 3.63) is 23.0 Å². The highest BCUT2D eigenvalue weighted by molar-refractivity contribution is 6.06. The molecule has 3 rings (SSSR count). The number of rotatable bonds is 6. The van der Waals surface area contributed by atoms with Crippen LogP contribution >= 0.6 is 12.4 Å². The average molecular weight is 325 g/mol. The van der Waals surface area contributed by atoms with Crippen LogP contribution < -0.4 is 11.1 Å². The van der Waals surface area contributed by atoms with Crippen LogP contribution in [0.2, 0.25) is 0 Å². The fourth-order valence-corrected chi connectivity index (χ4v) is 2.49. The lowest BCUT2D eigenvalue weighted by molar-refractivity contribution is 0.0956.